The van der Waals surface area contributed by atoms with E-state index in [1.807, 2.05) is 0 Å². The third-order valence-electron chi connectivity index (χ3n) is 3.88. The molecule has 0 aliphatic heterocycles. The number of anilines is 1. The Morgan fingerprint density at radius 3 is 2.72 bits per heavy atom. The molecule has 1 aromatic heterocycles. The van der Waals surface area contributed by atoms with Crippen LogP contribution in [0.1, 0.15) is 22.1 Å². The van der Waals surface area contributed by atoms with Crippen molar-refractivity contribution in [2.45, 2.75) is 13.5 Å². The van der Waals surface area contributed by atoms with Crippen LogP contribution in [0, 0.1) is 12.7 Å². The van der Waals surface area contributed by atoms with Crippen LogP contribution in [0.4, 0.5) is 10.1 Å². The molecule has 0 radical (unpaired) electrons. The van der Waals surface area contributed by atoms with Crippen LogP contribution in [-0.4, -0.2) is 40.4 Å². The van der Waals surface area contributed by atoms with E-state index in [4.69, 9.17) is 9.26 Å². The minimum atomic E-state index is -0.463. The zero-order valence-corrected chi connectivity index (χ0v) is 15.9. The number of halogens is 1. The first kappa shape index (κ1) is 20.0. The Labute approximate surface area is 166 Å². The van der Waals surface area contributed by atoms with Gasteiger partial charge >= 0.3 is 0 Å². The first-order valence-electron chi connectivity index (χ1n) is 8.74. The maximum absolute atomic E-state index is 13.2. The van der Waals surface area contributed by atoms with Crippen LogP contribution in [0.5, 0.6) is 5.75 Å². The smallest absolute Gasteiger partial charge is 0.257 e. The number of aromatic nitrogens is 2. The van der Waals surface area contributed by atoms with E-state index in [9.17, 15) is 14.0 Å². The zero-order chi connectivity index (χ0) is 20.8. The van der Waals surface area contributed by atoms with Gasteiger partial charge in [-0.05, 0) is 30.3 Å². The molecule has 0 bridgehead atoms. The summed E-state index contributed by atoms with van der Waals surface area (Å²) in [6.07, 6.45) is 0. The molecule has 0 aliphatic carbocycles. The summed E-state index contributed by atoms with van der Waals surface area (Å²) in [6.45, 7) is 1.48. The lowest BCUT2D eigenvalue weighted by Gasteiger charge is -2.18. The van der Waals surface area contributed by atoms with Crippen molar-refractivity contribution >= 4 is 17.5 Å². The fraction of sp³-hybridized carbons (Fsp3) is 0.200. The number of nitrogens with zero attached hydrogens (tertiary/aromatic N) is 3. The Morgan fingerprint density at radius 2 is 2.00 bits per heavy atom. The molecule has 0 aliphatic rings. The molecule has 0 fully saturated rings. The molecule has 0 saturated heterocycles. The number of likely N-dealkylation sites (N-methyl/N-ethyl adjacent to an activating group) is 1. The van der Waals surface area contributed by atoms with E-state index in [0.717, 1.165) is 0 Å². The highest BCUT2D eigenvalue weighted by Gasteiger charge is 2.19. The van der Waals surface area contributed by atoms with E-state index in [0.29, 0.717) is 23.2 Å². The van der Waals surface area contributed by atoms with Gasteiger partial charge in [-0.2, -0.15) is 4.98 Å². The van der Waals surface area contributed by atoms with Gasteiger partial charge in [-0.1, -0.05) is 23.4 Å². The number of ether oxygens (including phenoxy) is 1. The molecule has 2 amide bonds. The SMILES string of the molecule is Cc1nc(COc2ccccc2C(=O)N(C)CC(=O)Nc2cccc(F)c2)no1. The standard InChI is InChI=1S/C20H19FN4O4/c1-13-22-18(24-29-13)12-28-17-9-4-3-8-16(17)20(27)25(2)11-19(26)23-15-7-5-6-14(21)10-15/h3-10H,11-12H2,1-2H3,(H,23,26). The van der Waals surface area contributed by atoms with Crippen molar-refractivity contribution < 1.29 is 23.2 Å². The second-order valence-corrected chi connectivity index (χ2v) is 6.23. The Bertz CT molecular complexity index is 1020. The van der Waals surface area contributed by atoms with Crippen LogP contribution in [0.25, 0.3) is 0 Å². The van der Waals surface area contributed by atoms with Crippen molar-refractivity contribution in [3.63, 3.8) is 0 Å². The molecule has 150 valence electrons. The minimum Gasteiger partial charge on any atom is -0.485 e. The average Bonchev–Trinajstić information content (AvgIpc) is 3.11. The highest BCUT2D eigenvalue weighted by atomic mass is 19.1. The number of hydrogen-bond acceptors (Lipinski definition) is 6. The first-order chi connectivity index (χ1) is 13.9. The summed E-state index contributed by atoms with van der Waals surface area (Å²) in [4.78, 5) is 30.2. The van der Waals surface area contributed by atoms with E-state index in [2.05, 4.69) is 15.5 Å². The molecule has 3 rings (SSSR count). The number of hydrogen-bond donors (Lipinski definition) is 1. The van der Waals surface area contributed by atoms with E-state index in [1.54, 1.807) is 37.3 Å². The van der Waals surface area contributed by atoms with Crippen LogP contribution in [0.3, 0.4) is 0 Å². The quantitative estimate of drug-likeness (QED) is 0.657. The Balaban J connectivity index is 1.63. The summed E-state index contributed by atoms with van der Waals surface area (Å²) in [7, 11) is 1.49. The lowest BCUT2D eigenvalue weighted by molar-refractivity contribution is -0.116. The maximum Gasteiger partial charge on any atom is 0.257 e. The molecule has 1 N–H and O–H groups in total. The summed E-state index contributed by atoms with van der Waals surface area (Å²) < 4.78 is 23.8. The lowest BCUT2D eigenvalue weighted by atomic mass is 10.1. The van der Waals surface area contributed by atoms with Gasteiger partial charge in [0.15, 0.2) is 6.61 Å². The van der Waals surface area contributed by atoms with Crippen LogP contribution in [-0.2, 0) is 11.4 Å². The molecule has 29 heavy (non-hydrogen) atoms. The van der Waals surface area contributed by atoms with Gasteiger partial charge in [0.2, 0.25) is 17.6 Å². The topological polar surface area (TPSA) is 97.6 Å². The Kier molecular flexibility index (Phi) is 6.18. The number of aryl methyl sites for hydroxylation is 1. The van der Waals surface area contributed by atoms with Gasteiger partial charge in [-0.25, -0.2) is 4.39 Å². The van der Waals surface area contributed by atoms with Crippen molar-refractivity contribution in [3.05, 3.63) is 71.6 Å². The largest absolute Gasteiger partial charge is 0.485 e. The fourth-order valence-electron chi connectivity index (χ4n) is 2.57. The maximum atomic E-state index is 13.2. The van der Waals surface area contributed by atoms with Gasteiger partial charge in [0.1, 0.15) is 11.6 Å². The predicted octanol–water partition coefficient (Wildman–Crippen LogP) is 2.81. The number of carbonyl (C=O) groups excluding carboxylic acids is 2. The second-order valence-electron chi connectivity index (χ2n) is 6.23. The van der Waals surface area contributed by atoms with Crippen molar-refractivity contribution in [1.29, 1.82) is 0 Å². The first-order valence-corrected chi connectivity index (χ1v) is 8.74. The molecule has 0 atom stereocenters. The number of amides is 2. The van der Waals surface area contributed by atoms with Gasteiger partial charge in [0.25, 0.3) is 5.91 Å². The highest BCUT2D eigenvalue weighted by Crippen LogP contribution is 2.20. The monoisotopic (exact) mass is 398 g/mol. The molecule has 0 saturated carbocycles. The predicted molar refractivity (Wildman–Crippen MR) is 102 cm³/mol. The number of nitrogens with one attached hydrogen (secondary N) is 1. The molecular weight excluding hydrogens is 379 g/mol. The average molecular weight is 398 g/mol. The number of rotatable bonds is 7. The van der Waals surface area contributed by atoms with Gasteiger partial charge < -0.3 is 19.5 Å². The molecule has 1 heterocycles. The third-order valence-corrected chi connectivity index (χ3v) is 3.88. The van der Waals surface area contributed by atoms with Crippen molar-refractivity contribution in [2.24, 2.45) is 0 Å². The molecule has 0 spiro atoms. The zero-order valence-electron chi connectivity index (χ0n) is 15.9. The van der Waals surface area contributed by atoms with E-state index >= 15 is 0 Å². The highest BCUT2D eigenvalue weighted by molar-refractivity contribution is 6.00. The van der Waals surface area contributed by atoms with Crippen LogP contribution < -0.4 is 10.1 Å². The molecule has 3 aromatic rings. The van der Waals surface area contributed by atoms with Gasteiger partial charge in [0, 0.05) is 19.7 Å². The van der Waals surface area contributed by atoms with Crippen LogP contribution in [0.15, 0.2) is 53.1 Å². The molecule has 0 unspecified atom stereocenters. The summed E-state index contributed by atoms with van der Waals surface area (Å²) >= 11 is 0. The molecule has 9 heteroatoms. The van der Waals surface area contributed by atoms with E-state index < -0.39 is 17.6 Å². The number of carbonyl (C=O) groups is 2. The van der Waals surface area contributed by atoms with Crippen LogP contribution >= 0.6 is 0 Å². The normalized spacial score (nSPS) is 10.4. The number of benzene rings is 2. The molecular formula is C20H19FN4O4. The Morgan fingerprint density at radius 1 is 1.21 bits per heavy atom. The third kappa shape index (κ3) is 5.38. The van der Waals surface area contributed by atoms with Gasteiger partial charge in [-0.15, -0.1) is 0 Å². The van der Waals surface area contributed by atoms with Crippen molar-refractivity contribution in [1.82, 2.24) is 15.0 Å². The van der Waals surface area contributed by atoms with Crippen LogP contribution in [0.2, 0.25) is 0 Å². The summed E-state index contributed by atoms with van der Waals surface area (Å²) in [5, 5.41) is 6.29. The van der Waals surface area contributed by atoms with E-state index in [1.165, 1.54) is 30.1 Å². The fourth-order valence-corrected chi connectivity index (χ4v) is 2.57. The molecule has 2 aromatic carbocycles. The van der Waals surface area contributed by atoms with E-state index in [-0.39, 0.29) is 18.7 Å². The summed E-state index contributed by atoms with van der Waals surface area (Å²) in [5.74, 6) is -0.219. The summed E-state index contributed by atoms with van der Waals surface area (Å²) in [5.41, 5.74) is 0.601. The van der Waals surface area contributed by atoms with Gasteiger partial charge in [0.05, 0.1) is 12.1 Å². The minimum absolute atomic E-state index is 0.0331. The lowest BCUT2D eigenvalue weighted by Crippen LogP contribution is -2.35. The molecule has 8 nitrogen and oxygen atoms in total. The van der Waals surface area contributed by atoms with Crippen molar-refractivity contribution in [2.75, 3.05) is 18.9 Å². The number of para-hydroxylation sites is 1. The second kappa shape index (κ2) is 8.96. The summed E-state index contributed by atoms with van der Waals surface area (Å²) in [6, 6.07) is 12.2. The van der Waals surface area contributed by atoms with Gasteiger partial charge in [-0.3, -0.25) is 9.59 Å². The van der Waals surface area contributed by atoms with Crippen molar-refractivity contribution in [3.8, 4) is 5.75 Å². The Hall–Kier alpha value is -3.75.